The molecule has 0 bridgehead atoms. The number of methoxy groups -OCH3 is 1. The maximum absolute atomic E-state index is 12.8. The van der Waals surface area contributed by atoms with Gasteiger partial charge in [-0.25, -0.2) is 4.98 Å². The third kappa shape index (κ3) is 5.41. The molecule has 2 aliphatic heterocycles. The molecule has 3 aromatic rings. The number of thiazole rings is 1. The number of ether oxygens (including phenoxy) is 1. The van der Waals surface area contributed by atoms with Crippen molar-refractivity contribution in [3.05, 3.63) is 75.3 Å². The first-order chi connectivity index (χ1) is 17.5. The van der Waals surface area contributed by atoms with Crippen LogP contribution in [0.2, 0.25) is 0 Å². The number of rotatable bonds is 7. The van der Waals surface area contributed by atoms with Crippen LogP contribution in [-0.2, 0) is 19.5 Å². The second-order valence-corrected chi connectivity index (χ2v) is 10.2. The van der Waals surface area contributed by atoms with Gasteiger partial charge in [-0.1, -0.05) is 18.2 Å². The minimum absolute atomic E-state index is 0.198. The number of anilines is 1. The van der Waals surface area contributed by atoms with Crippen molar-refractivity contribution in [3.63, 3.8) is 0 Å². The minimum Gasteiger partial charge on any atom is -0.496 e. The van der Waals surface area contributed by atoms with Gasteiger partial charge in [0.25, 0.3) is 11.8 Å². The Bertz CT molecular complexity index is 1270. The van der Waals surface area contributed by atoms with E-state index in [0.717, 1.165) is 49.4 Å². The summed E-state index contributed by atoms with van der Waals surface area (Å²) >= 11 is 1.53. The number of hydrazine groups is 1. The molecule has 3 heterocycles. The monoisotopic (exact) mass is 506 g/mol. The van der Waals surface area contributed by atoms with Gasteiger partial charge in [-0.3, -0.25) is 25.8 Å². The van der Waals surface area contributed by atoms with Crippen LogP contribution in [0.3, 0.4) is 0 Å². The number of carbonyl (C=O) groups excluding carboxylic acids is 2. The molecule has 0 aliphatic carbocycles. The van der Waals surface area contributed by atoms with Crippen molar-refractivity contribution in [1.82, 2.24) is 26.1 Å². The molecule has 10 heteroatoms. The number of likely N-dealkylation sites (N-methyl/N-ethyl adjacent to an activating group) is 1. The molecule has 2 amide bonds. The zero-order chi connectivity index (χ0) is 25.1. The van der Waals surface area contributed by atoms with Crippen LogP contribution in [0, 0.1) is 0 Å². The highest BCUT2D eigenvalue weighted by atomic mass is 32.1. The summed E-state index contributed by atoms with van der Waals surface area (Å²) in [6.07, 6.45) is 0.900. The summed E-state index contributed by atoms with van der Waals surface area (Å²) in [5, 5.41) is 6.50. The fourth-order valence-electron chi connectivity index (χ4n) is 4.53. The third-order valence-electron chi connectivity index (χ3n) is 6.54. The van der Waals surface area contributed by atoms with Gasteiger partial charge in [0.2, 0.25) is 0 Å². The SMILES string of the molecule is COc1cc(C(=O)NCc2cccc(C(=O)Nc3nc4c(s3)CN(C)CC4)c2)ccc1C1CNNC1. The van der Waals surface area contributed by atoms with Crippen molar-refractivity contribution in [2.24, 2.45) is 0 Å². The largest absolute Gasteiger partial charge is 0.496 e. The molecule has 1 saturated heterocycles. The first-order valence-electron chi connectivity index (χ1n) is 12.0. The van der Waals surface area contributed by atoms with Crippen LogP contribution in [-0.4, -0.2) is 55.5 Å². The molecule has 188 valence electrons. The van der Waals surface area contributed by atoms with Crippen LogP contribution < -0.4 is 26.2 Å². The lowest BCUT2D eigenvalue weighted by molar-refractivity contribution is 0.0950. The quantitative estimate of drug-likeness (QED) is 0.390. The second kappa shape index (κ2) is 10.8. The highest BCUT2D eigenvalue weighted by Crippen LogP contribution is 2.29. The number of nitrogens with zero attached hydrogens (tertiary/aromatic N) is 2. The highest BCUT2D eigenvalue weighted by molar-refractivity contribution is 7.15. The fourth-order valence-corrected chi connectivity index (χ4v) is 5.61. The van der Waals surface area contributed by atoms with Crippen LogP contribution in [0.1, 0.15) is 48.3 Å². The summed E-state index contributed by atoms with van der Waals surface area (Å²) in [5.74, 6) is 0.587. The molecule has 5 rings (SSSR count). The predicted molar refractivity (Wildman–Crippen MR) is 139 cm³/mol. The number of benzene rings is 2. The van der Waals surface area contributed by atoms with Crippen LogP contribution in [0.15, 0.2) is 42.5 Å². The van der Waals surface area contributed by atoms with Crippen molar-refractivity contribution >= 4 is 28.3 Å². The van der Waals surface area contributed by atoms with Gasteiger partial charge in [-0.15, -0.1) is 11.3 Å². The molecule has 0 radical (unpaired) electrons. The number of hydrogen-bond acceptors (Lipinski definition) is 8. The van der Waals surface area contributed by atoms with Gasteiger partial charge in [-0.05, 0) is 42.4 Å². The Labute approximate surface area is 214 Å². The molecule has 0 unspecified atom stereocenters. The number of carbonyl (C=O) groups is 2. The summed E-state index contributed by atoms with van der Waals surface area (Å²) in [6.45, 7) is 3.77. The summed E-state index contributed by atoms with van der Waals surface area (Å²) in [4.78, 5) is 33.7. The Morgan fingerprint density at radius 1 is 1.14 bits per heavy atom. The molecular formula is C26H30N6O3S. The summed E-state index contributed by atoms with van der Waals surface area (Å²) in [5.41, 5.74) is 10.3. The minimum atomic E-state index is -0.209. The average molecular weight is 507 g/mol. The van der Waals surface area contributed by atoms with Crippen LogP contribution in [0.4, 0.5) is 5.13 Å². The zero-order valence-corrected chi connectivity index (χ0v) is 21.2. The molecule has 1 aromatic heterocycles. The maximum atomic E-state index is 12.8. The normalized spacial score (nSPS) is 15.9. The van der Waals surface area contributed by atoms with Gasteiger partial charge < -0.3 is 15.0 Å². The topological polar surface area (TPSA) is 108 Å². The number of hydrogen-bond donors (Lipinski definition) is 4. The molecular weight excluding hydrogens is 476 g/mol. The smallest absolute Gasteiger partial charge is 0.257 e. The van der Waals surface area contributed by atoms with Crippen LogP contribution in [0.5, 0.6) is 5.75 Å². The molecule has 0 atom stereocenters. The van der Waals surface area contributed by atoms with E-state index in [9.17, 15) is 9.59 Å². The van der Waals surface area contributed by atoms with E-state index in [1.54, 1.807) is 25.3 Å². The van der Waals surface area contributed by atoms with Crippen molar-refractivity contribution in [1.29, 1.82) is 0 Å². The van der Waals surface area contributed by atoms with E-state index in [-0.39, 0.29) is 11.8 Å². The van der Waals surface area contributed by atoms with Crippen LogP contribution in [0.25, 0.3) is 0 Å². The second-order valence-electron chi connectivity index (χ2n) is 9.13. The fraction of sp³-hybridized carbons (Fsp3) is 0.346. The lowest BCUT2D eigenvalue weighted by Crippen LogP contribution is -2.25. The van der Waals surface area contributed by atoms with E-state index in [2.05, 4.69) is 38.4 Å². The summed E-state index contributed by atoms with van der Waals surface area (Å²) < 4.78 is 5.55. The van der Waals surface area contributed by atoms with Crippen molar-refractivity contribution in [2.45, 2.75) is 25.4 Å². The first-order valence-corrected chi connectivity index (χ1v) is 12.8. The van der Waals surface area contributed by atoms with Gasteiger partial charge in [0, 0.05) is 61.1 Å². The summed E-state index contributed by atoms with van der Waals surface area (Å²) in [7, 11) is 3.70. The Hall–Kier alpha value is -3.31. The first kappa shape index (κ1) is 24.4. The van der Waals surface area contributed by atoms with Crippen molar-refractivity contribution in [3.8, 4) is 5.75 Å². The lowest BCUT2D eigenvalue weighted by Gasteiger charge is -2.20. The molecule has 2 aliphatic rings. The Balaban J connectivity index is 1.21. The maximum Gasteiger partial charge on any atom is 0.257 e. The average Bonchev–Trinajstić information content (AvgIpc) is 3.56. The number of fused-ring (bicyclic) bond motifs is 1. The molecule has 0 saturated carbocycles. The van der Waals surface area contributed by atoms with E-state index in [0.29, 0.717) is 34.5 Å². The van der Waals surface area contributed by atoms with Gasteiger partial charge in [0.1, 0.15) is 5.75 Å². The van der Waals surface area contributed by atoms with E-state index in [1.807, 2.05) is 24.3 Å². The van der Waals surface area contributed by atoms with Gasteiger partial charge >= 0.3 is 0 Å². The molecule has 9 nitrogen and oxygen atoms in total. The molecule has 0 spiro atoms. The van der Waals surface area contributed by atoms with Gasteiger partial charge in [0.15, 0.2) is 5.13 Å². The van der Waals surface area contributed by atoms with E-state index in [1.165, 1.54) is 16.2 Å². The molecule has 36 heavy (non-hydrogen) atoms. The van der Waals surface area contributed by atoms with Gasteiger partial charge in [0.05, 0.1) is 12.8 Å². The van der Waals surface area contributed by atoms with Crippen LogP contribution >= 0.6 is 11.3 Å². The van der Waals surface area contributed by atoms with Crippen molar-refractivity contribution in [2.75, 3.05) is 39.1 Å². The molecule has 4 N–H and O–H groups in total. The zero-order valence-electron chi connectivity index (χ0n) is 20.4. The van der Waals surface area contributed by atoms with Gasteiger partial charge in [-0.2, -0.15) is 0 Å². The number of nitrogens with one attached hydrogen (secondary N) is 4. The molecule has 1 fully saturated rings. The Morgan fingerprint density at radius 3 is 2.75 bits per heavy atom. The number of amides is 2. The Kier molecular flexibility index (Phi) is 7.28. The van der Waals surface area contributed by atoms with E-state index >= 15 is 0 Å². The highest BCUT2D eigenvalue weighted by Gasteiger charge is 2.22. The standard InChI is InChI=1S/C26H30N6O3S/c1-32-9-8-21-23(15-32)36-26(30-21)31-25(34)17-5-3-4-16(10-17)12-27-24(33)18-6-7-20(22(11-18)35-2)19-13-28-29-14-19/h3-7,10-11,19,28-29H,8-9,12-15H2,1-2H3,(H,27,33)(H,30,31,34). The Morgan fingerprint density at radius 2 is 1.94 bits per heavy atom. The third-order valence-corrected chi connectivity index (χ3v) is 7.54. The van der Waals surface area contributed by atoms with E-state index in [4.69, 9.17) is 4.74 Å². The van der Waals surface area contributed by atoms with Crippen molar-refractivity contribution < 1.29 is 14.3 Å². The lowest BCUT2D eigenvalue weighted by atomic mass is 9.97. The summed E-state index contributed by atoms with van der Waals surface area (Å²) in [6, 6.07) is 12.8. The predicted octanol–water partition coefficient (Wildman–Crippen LogP) is 2.51. The molecule has 2 aromatic carbocycles. The number of aromatic nitrogens is 1. The van der Waals surface area contributed by atoms with E-state index < -0.39 is 0 Å².